The van der Waals surface area contributed by atoms with Gasteiger partial charge in [-0.25, -0.2) is 0 Å². The normalized spacial score (nSPS) is 12.3. The van der Waals surface area contributed by atoms with Crippen molar-refractivity contribution in [1.29, 1.82) is 0 Å². The summed E-state index contributed by atoms with van der Waals surface area (Å²) in [6, 6.07) is 1.99. The number of fused-ring (bicyclic) bond motifs is 3. The van der Waals surface area contributed by atoms with E-state index in [2.05, 4.69) is 0 Å². The summed E-state index contributed by atoms with van der Waals surface area (Å²) in [6.07, 6.45) is 0. The Bertz CT molecular complexity index is 1230. The number of nitro benzene ring substituents is 2. The van der Waals surface area contributed by atoms with Crippen molar-refractivity contribution in [3.63, 3.8) is 0 Å². The first-order valence-electron chi connectivity index (χ1n) is 6.88. The zero-order valence-electron chi connectivity index (χ0n) is 15.1. The summed E-state index contributed by atoms with van der Waals surface area (Å²) >= 11 is 0. The molecule has 3 rings (SSSR count). The fourth-order valence-electron chi connectivity index (χ4n) is 2.82. The first kappa shape index (κ1) is 24.7. The third-order valence-electron chi connectivity index (χ3n) is 3.91. The van der Waals surface area contributed by atoms with Gasteiger partial charge in [0.25, 0.3) is 31.6 Å². The second-order valence-corrected chi connectivity index (χ2v) is 8.37. The van der Waals surface area contributed by atoms with E-state index in [1.165, 1.54) is 0 Å². The topological polar surface area (TPSA) is 285 Å². The molecule has 0 bridgehead atoms. The van der Waals surface area contributed by atoms with Crippen molar-refractivity contribution in [2.45, 2.75) is 9.79 Å². The van der Waals surface area contributed by atoms with Crippen LogP contribution in [-0.2, 0) is 20.2 Å². The Balaban J connectivity index is 0.00000225. The van der Waals surface area contributed by atoms with Gasteiger partial charge in [-0.15, -0.1) is 0 Å². The van der Waals surface area contributed by atoms with E-state index < -0.39 is 79.3 Å². The van der Waals surface area contributed by atoms with Crippen LogP contribution in [0.1, 0.15) is 15.9 Å². The highest BCUT2D eigenvalue weighted by atomic mass is 32.2. The molecule has 1 aliphatic rings. The molecule has 17 heteroatoms. The molecule has 0 saturated heterocycles. The predicted molar refractivity (Wildman–Crippen MR) is 100 cm³/mol. The van der Waals surface area contributed by atoms with E-state index in [-0.39, 0.29) is 12.3 Å². The van der Waals surface area contributed by atoms with Gasteiger partial charge in [0.1, 0.15) is 9.79 Å². The Labute approximate surface area is 167 Å². The molecule has 0 heterocycles. The summed E-state index contributed by atoms with van der Waals surface area (Å²) in [6.45, 7) is 0. The molecule has 0 radical (unpaired) electrons. The van der Waals surface area contributed by atoms with Gasteiger partial charge < -0.3 is 12.3 Å². The Hall–Kier alpha value is -3.35. The molecule has 30 heavy (non-hydrogen) atoms. The fourth-order valence-corrected chi connectivity index (χ4v) is 3.87. The third kappa shape index (κ3) is 3.75. The van der Waals surface area contributed by atoms with E-state index in [9.17, 15) is 41.9 Å². The summed E-state index contributed by atoms with van der Waals surface area (Å²) in [4.78, 5) is 31.1. The van der Waals surface area contributed by atoms with Gasteiger partial charge >= 0.3 is 0 Å². The zero-order chi connectivity index (χ0) is 21.2. The summed E-state index contributed by atoms with van der Waals surface area (Å²) in [5.41, 5.74) is -4.59. The molecule has 0 amide bonds. The lowest BCUT2D eigenvalue weighted by atomic mass is 10.0. The van der Waals surface area contributed by atoms with Crippen molar-refractivity contribution in [2.75, 3.05) is 0 Å². The molecule has 2 aromatic rings. The zero-order valence-corrected chi connectivity index (χ0v) is 16.7. The summed E-state index contributed by atoms with van der Waals surface area (Å²) in [7, 11) is -9.95. The molecule has 0 atom stereocenters. The highest BCUT2D eigenvalue weighted by molar-refractivity contribution is 7.86. The first-order valence-corrected chi connectivity index (χ1v) is 9.76. The summed E-state index contributed by atoms with van der Waals surface area (Å²) in [5, 5.41) is 22.8. The molecule has 15 nitrogen and oxygen atoms in total. The lowest BCUT2D eigenvalue weighted by molar-refractivity contribution is -0.386. The highest BCUT2D eigenvalue weighted by Crippen LogP contribution is 2.48. The maximum absolute atomic E-state index is 12.6. The number of hydrogen-bond donors (Lipinski definition) is 4. The standard InChI is InChI=1S/C13H6N2O11S2.2H3N/c16-13-7-1-5(27(21,22)23)3-9(14(17)18)11(7)12-8(13)2-6(28(24,25)26)4-10(12)15(19)20;;/h1-4H,(H,21,22,23)(H,24,25,26);2*1H3/p+2. The smallest absolute Gasteiger partial charge is 0.294 e. The molecule has 2 aromatic carbocycles. The third-order valence-corrected chi connectivity index (χ3v) is 5.57. The van der Waals surface area contributed by atoms with Crippen LogP contribution in [0.4, 0.5) is 11.4 Å². The number of carbonyl (C=O) groups is 1. The molecule has 0 fully saturated rings. The Morgan fingerprint density at radius 1 is 0.700 bits per heavy atom. The quantitative estimate of drug-likeness (QED) is 0.244. The Morgan fingerprint density at radius 2 is 1.00 bits per heavy atom. The summed E-state index contributed by atoms with van der Waals surface area (Å²) < 4.78 is 63.7. The van der Waals surface area contributed by atoms with E-state index in [1.807, 2.05) is 0 Å². The Kier molecular flexibility index (Phi) is 6.15. The van der Waals surface area contributed by atoms with Gasteiger partial charge in [-0.3, -0.25) is 34.1 Å². The minimum Gasteiger partial charge on any atom is -0.369 e. The van der Waals surface area contributed by atoms with Crippen LogP contribution in [0.5, 0.6) is 0 Å². The maximum atomic E-state index is 12.6. The molecule has 0 unspecified atom stereocenters. The maximum Gasteiger partial charge on any atom is 0.294 e. The van der Waals surface area contributed by atoms with Crippen molar-refractivity contribution in [2.24, 2.45) is 0 Å². The minimum absolute atomic E-state index is 0. The first-order chi connectivity index (χ1) is 12.7. The monoisotopic (exact) mass is 466 g/mol. The van der Waals surface area contributed by atoms with Crippen LogP contribution in [0.25, 0.3) is 11.1 Å². The van der Waals surface area contributed by atoms with Crippen LogP contribution in [0.3, 0.4) is 0 Å². The van der Waals surface area contributed by atoms with Crippen LogP contribution >= 0.6 is 0 Å². The molecule has 0 aromatic heterocycles. The van der Waals surface area contributed by atoms with Crippen LogP contribution in [-0.4, -0.2) is 41.6 Å². The van der Waals surface area contributed by atoms with Gasteiger partial charge in [-0.05, 0) is 12.1 Å². The number of ketones is 1. The van der Waals surface area contributed by atoms with E-state index >= 15 is 0 Å². The molecular weight excluding hydrogens is 452 g/mol. The van der Waals surface area contributed by atoms with Gasteiger partial charge in [0.15, 0.2) is 5.78 Å². The number of carbonyl (C=O) groups excluding carboxylic acids is 1. The van der Waals surface area contributed by atoms with Crippen LogP contribution in [0.15, 0.2) is 34.1 Å². The molecular formula is C13H14N4O11S2+2. The minimum atomic E-state index is -4.98. The lowest BCUT2D eigenvalue weighted by Gasteiger charge is -2.06. The molecule has 0 spiro atoms. The summed E-state index contributed by atoms with van der Waals surface area (Å²) in [5.74, 6) is -1.16. The lowest BCUT2D eigenvalue weighted by Crippen LogP contribution is -2.04. The number of hydrogen-bond acceptors (Lipinski definition) is 9. The van der Waals surface area contributed by atoms with Crippen molar-refractivity contribution in [3.05, 3.63) is 55.6 Å². The number of rotatable bonds is 4. The molecule has 1 aliphatic carbocycles. The average molecular weight is 466 g/mol. The van der Waals surface area contributed by atoms with Crippen molar-refractivity contribution in [1.82, 2.24) is 12.3 Å². The number of nitrogens with zero attached hydrogens (tertiary/aromatic N) is 2. The van der Waals surface area contributed by atoms with E-state index in [0.717, 1.165) is 0 Å². The van der Waals surface area contributed by atoms with E-state index in [4.69, 9.17) is 9.11 Å². The molecule has 10 N–H and O–H groups in total. The van der Waals surface area contributed by atoms with Gasteiger partial charge in [0.2, 0.25) is 0 Å². The predicted octanol–water partition coefficient (Wildman–Crippen LogP) is 1.96. The van der Waals surface area contributed by atoms with Gasteiger partial charge in [0.05, 0.1) is 21.0 Å². The molecule has 162 valence electrons. The van der Waals surface area contributed by atoms with Crippen molar-refractivity contribution < 1.29 is 40.6 Å². The van der Waals surface area contributed by atoms with Gasteiger partial charge in [0, 0.05) is 23.3 Å². The van der Waals surface area contributed by atoms with Crippen LogP contribution in [0.2, 0.25) is 0 Å². The second-order valence-electron chi connectivity index (χ2n) is 5.52. The number of benzene rings is 2. The van der Waals surface area contributed by atoms with E-state index in [1.54, 1.807) is 0 Å². The fraction of sp³-hybridized carbons (Fsp3) is 0. The van der Waals surface area contributed by atoms with Crippen molar-refractivity contribution in [3.8, 4) is 11.1 Å². The molecule has 0 aliphatic heterocycles. The van der Waals surface area contributed by atoms with Crippen molar-refractivity contribution >= 4 is 37.4 Å². The molecule has 0 saturated carbocycles. The largest absolute Gasteiger partial charge is 0.369 e. The second kappa shape index (κ2) is 7.48. The Morgan fingerprint density at radius 3 is 1.23 bits per heavy atom. The average Bonchev–Trinajstić information content (AvgIpc) is 2.84. The number of quaternary nitrogens is 2. The van der Waals surface area contributed by atoms with Crippen LogP contribution in [0, 0.1) is 20.2 Å². The highest BCUT2D eigenvalue weighted by Gasteiger charge is 2.41. The SMILES string of the molecule is O=C1c2cc(S(=O)(=O)O)cc([N+](=O)[O-])c2-c2c1cc(S(=O)(=O)O)cc2[N+](=O)[O-].[NH4+].[NH4+]. The van der Waals surface area contributed by atoms with Gasteiger partial charge in [-0.1, -0.05) is 0 Å². The van der Waals surface area contributed by atoms with E-state index in [0.29, 0.717) is 24.3 Å². The number of nitro groups is 2. The van der Waals surface area contributed by atoms with Gasteiger partial charge in [-0.2, -0.15) is 16.8 Å². The van der Waals surface area contributed by atoms with Crippen LogP contribution < -0.4 is 12.3 Å².